The van der Waals surface area contributed by atoms with Crippen molar-refractivity contribution < 1.29 is 0 Å². The second-order valence-corrected chi connectivity index (χ2v) is 4.11. The van der Waals surface area contributed by atoms with Crippen molar-refractivity contribution in [2.75, 3.05) is 5.73 Å². The summed E-state index contributed by atoms with van der Waals surface area (Å²) >= 11 is 1.35. The van der Waals surface area contributed by atoms with Crippen LogP contribution in [0.1, 0.15) is 5.69 Å². The third kappa shape index (κ3) is 2.60. The van der Waals surface area contributed by atoms with Gasteiger partial charge in [-0.1, -0.05) is 17.0 Å². The number of aromatic nitrogens is 5. The van der Waals surface area contributed by atoms with Gasteiger partial charge in [0.05, 0.1) is 5.69 Å². The molecule has 2 rings (SSSR count). The minimum Gasteiger partial charge on any atom is -0.383 e. The lowest BCUT2D eigenvalue weighted by Crippen LogP contribution is -2.09. The van der Waals surface area contributed by atoms with Crippen LogP contribution in [0.2, 0.25) is 0 Å². The molecule has 3 N–H and O–H groups in total. The first-order valence-corrected chi connectivity index (χ1v) is 5.47. The monoisotopic (exact) mass is 238 g/mol. The summed E-state index contributed by atoms with van der Waals surface area (Å²) in [6.45, 7) is 0. The highest BCUT2D eigenvalue weighted by molar-refractivity contribution is 7.98. The van der Waals surface area contributed by atoms with Crippen LogP contribution in [0.5, 0.6) is 0 Å². The summed E-state index contributed by atoms with van der Waals surface area (Å²) < 4.78 is 1.62. The average molecular weight is 238 g/mol. The Labute approximate surface area is 95.1 Å². The summed E-state index contributed by atoms with van der Waals surface area (Å²) in [5, 5.41) is 8.20. The Hall–Kier alpha value is -1.83. The molecule has 0 fully saturated rings. The maximum absolute atomic E-state index is 11.1. The largest absolute Gasteiger partial charge is 0.383 e. The van der Waals surface area contributed by atoms with Gasteiger partial charge in [0.1, 0.15) is 5.82 Å². The van der Waals surface area contributed by atoms with Gasteiger partial charge in [-0.15, -0.1) is 5.10 Å². The van der Waals surface area contributed by atoms with E-state index in [0.717, 1.165) is 5.69 Å². The normalized spacial score (nSPS) is 10.6. The minimum absolute atomic E-state index is 0.213. The van der Waals surface area contributed by atoms with Crippen molar-refractivity contribution >= 4 is 17.6 Å². The van der Waals surface area contributed by atoms with Gasteiger partial charge in [0.15, 0.2) is 5.16 Å². The van der Waals surface area contributed by atoms with Gasteiger partial charge in [-0.05, 0) is 0 Å². The molecule has 8 heteroatoms. The average Bonchev–Trinajstić information content (AvgIpc) is 2.60. The van der Waals surface area contributed by atoms with Crippen molar-refractivity contribution in [2.45, 2.75) is 10.9 Å². The lowest BCUT2D eigenvalue weighted by Gasteiger charge is -1.98. The van der Waals surface area contributed by atoms with Crippen LogP contribution in [-0.4, -0.2) is 25.0 Å². The number of aromatic amines is 1. The Morgan fingerprint density at radius 2 is 2.44 bits per heavy atom. The lowest BCUT2D eigenvalue weighted by atomic mass is 10.6. The number of thioether (sulfide) groups is 1. The maximum Gasteiger partial charge on any atom is 0.253 e. The number of nitrogens with one attached hydrogen (secondary N) is 1. The molecule has 0 aliphatic rings. The van der Waals surface area contributed by atoms with Crippen LogP contribution in [0.15, 0.2) is 22.2 Å². The molecule has 0 saturated carbocycles. The predicted octanol–water partition coefficient (Wildman–Crippen LogP) is -0.227. The topological polar surface area (TPSA) is 102 Å². The van der Waals surface area contributed by atoms with E-state index in [1.54, 1.807) is 17.9 Å². The number of aryl methyl sites for hydroxylation is 1. The Morgan fingerprint density at radius 3 is 3.06 bits per heavy atom. The Morgan fingerprint density at radius 1 is 1.62 bits per heavy atom. The summed E-state index contributed by atoms with van der Waals surface area (Å²) in [7, 11) is 1.79. The van der Waals surface area contributed by atoms with E-state index in [4.69, 9.17) is 5.73 Å². The second kappa shape index (κ2) is 4.35. The smallest absolute Gasteiger partial charge is 0.253 e. The number of nitrogen functional groups attached to an aromatic ring is 1. The molecule has 0 amide bonds. The summed E-state index contributed by atoms with van der Waals surface area (Å²) in [6, 6.07) is 1.24. The molecule has 0 aliphatic heterocycles. The van der Waals surface area contributed by atoms with Gasteiger partial charge in [-0.25, -0.2) is 4.98 Å². The second-order valence-electron chi connectivity index (χ2n) is 3.15. The van der Waals surface area contributed by atoms with Crippen LogP contribution in [0.3, 0.4) is 0 Å². The van der Waals surface area contributed by atoms with Crippen molar-refractivity contribution in [3.8, 4) is 0 Å². The number of hydrogen-bond donors (Lipinski definition) is 2. The molecule has 0 unspecified atom stereocenters. The SMILES string of the molecule is Cn1cc(CSc2nc(N)cc(=O)[nH]2)nn1. The third-order valence-corrected chi connectivity index (χ3v) is 2.65. The van der Waals surface area contributed by atoms with Gasteiger partial charge in [-0.2, -0.15) is 0 Å². The summed E-state index contributed by atoms with van der Waals surface area (Å²) in [4.78, 5) is 17.7. The maximum atomic E-state index is 11.1. The standard InChI is InChI=1S/C8H10N6OS/c1-14-3-5(12-13-14)4-16-8-10-6(9)2-7(15)11-8/h2-3H,4H2,1H3,(H3,9,10,11,15). The molecule has 0 saturated heterocycles. The van der Waals surface area contributed by atoms with Crippen molar-refractivity contribution in [2.24, 2.45) is 7.05 Å². The Balaban J connectivity index is 2.07. The summed E-state index contributed by atoms with van der Waals surface area (Å²) in [5.41, 5.74) is 6.02. The Kier molecular flexibility index (Phi) is 2.91. The van der Waals surface area contributed by atoms with Crippen LogP contribution in [0.25, 0.3) is 0 Å². The van der Waals surface area contributed by atoms with E-state index in [1.807, 2.05) is 0 Å². The van der Waals surface area contributed by atoms with E-state index in [1.165, 1.54) is 17.8 Å². The molecule has 2 heterocycles. The van der Waals surface area contributed by atoms with E-state index < -0.39 is 0 Å². The number of hydrogen-bond acceptors (Lipinski definition) is 6. The quantitative estimate of drug-likeness (QED) is 0.565. The fourth-order valence-electron chi connectivity index (χ4n) is 1.13. The van der Waals surface area contributed by atoms with Gasteiger partial charge < -0.3 is 10.7 Å². The molecule has 84 valence electrons. The van der Waals surface area contributed by atoms with Gasteiger partial charge in [0, 0.05) is 25.1 Å². The molecule has 0 spiro atoms. The first kappa shape index (κ1) is 10.7. The van der Waals surface area contributed by atoms with Crippen LogP contribution < -0.4 is 11.3 Å². The fourth-order valence-corrected chi connectivity index (χ4v) is 1.88. The molecule has 0 aliphatic carbocycles. The zero-order valence-corrected chi connectivity index (χ0v) is 9.36. The molecular formula is C8H10N6OS. The lowest BCUT2D eigenvalue weighted by molar-refractivity contribution is 0.714. The fraction of sp³-hybridized carbons (Fsp3) is 0.250. The molecule has 0 radical (unpaired) electrons. The van der Waals surface area contributed by atoms with E-state index in [9.17, 15) is 4.79 Å². The number of rotatable bonds is 3. The highest BCUT2D eigenvalue weighted by atomic mass is 32.2. The predicted molar refractivity (Wildman–Crippen MR) is 59.8 cm³/mol. The first-order chi connectivity index (χ1) is 7.63. The van der Waals surface area contributed by atoms with E-state index in [2.05, 4.69) is 20.3 Å². The van der Waals surface area contributed by atoms with Crippen LogP contribution in [0, 0.1) is 0 Å². The molecule has 2 aromatic rings. The van der Waals surface area contributed by atoms with Crippen LogP contribution in [-0.2, 0) is 12.8 Å². The van der Waals surface area contributed by atoms with Crippen LogP contribution in [0.4, 0.5) is 5.82 Å². The number of nitrogens with two attached hydrogens (primary N) is 1. The molecule has 2 aromatic heterocycles. The Bertz CT molecular complexity index is 547. The summed E-state index contributed by atoms with van der Waals surface area (Å²) in [5.74, 6) is 0.797. The zero-order valence-electron chi connectivity index (χ0n) is 8.54. The van der Waals surface area contributed by atoms with Crippen molar-refractivity contribution in [3.05, 3.63) is 28.3 Å². The van der Waals surface area contributed by atoms with Crippen molar-refractivity contribution in [1.82, 2.24) is 25.0 Å². The molecule has 16 heavy (non-hydrogen) atoms. The van der Waals surface area contributed by atoms with E-state index in [-0.39, 0.29) is 11.4 Å². The van der Waals surface area contributed by atoms with Gasteiger partial charge in [0.2, 0.25) is 0 Å². The molecule has 7 nitrogen and oxygen atoms in total. The summed E-state index contributed by atoms with van der Waals surface area (Å²) in [6.07, 6.45) is 1.80. The third-order valence-electron chi connectivity index (χ3n) is 1.75. The molecule has 0 atom stereocenters. The number of H-pyrrole nitrogens is 1. The van der Waals surface area contributed by atoms with E-state index >= 15 is 0 Å². The molecule has 0 aromatic carbocycles. The van der Waals surface area contributed by atoms with Gasteiger partial charge in [0.25, 0.3) is 5.56 Å². The first-order valence-electron chi connectivity index (χ1n) is 4.48. The molecule has 0 bridgehead atoms. The minimum atomic E-state index is -0.255. The van der Waals surface area contributed by atoms with Crippen molar-refractivity contribution in [1.29, 1.82) is 0 Å². The number of nitrogens with zero attached hydrogens (tertiary/aromatic N) is 4. The van der Waals surface area contributed by atoms with Crippen molar-refractivity contribution in [3.63, 3.8) is 0 Å². The highest BCUT2D eigenvalue weighted by Gasteiger charge is 2.03. The van der Waals surface area contributed by atoms with Gasteiger partial charge >= 0.3 is 0 Å². The highest BCUT2D eigenvalue weighted by Crippen LogP contribution is 2.16. The molecular weight excluding hydrogens is 228 g/mol. The van der Waals surface area contributed by atoms with Gasteiger partial charge in [-0.3, -0.25) is 9.48 Å². The zero-order chi connectivity index (χ0) is 11.5. The van der Waals surface area contributed by atoms with E-state index in [0.29, 0.717) is 10.9 Å². The number of anilines is 1. The van der Waals surface area contributed by atoms with Crippen LogP contribution >= 0.6 is 11.8 Å².